The van der Waals surface area contributed by atoms with Crippen LogP contribution in [-0.2, 0) is 0 Å². The molecule has 1 saturated heterocycles. The zero-order chi connectivity index (χ0) is 13.0. The Morgan fingerprint density at radius 3 is 2.89 bits per heavy atom. The lowest BCUT2D eigenvalue weighted by molar-refractivity contribution is 0.0646. The summed E-state index contributed by atoms with van der Waals surface area (Å²) in [5.74, 6) is 0.409. The van der Waals surface area contributed by atoms with Gasteiger partial charge in [-0.05, 0) is 37.1 Å². The van der Waals surface area contributed by atoms with Crippen LogP contribution in [0.5, 0.6) is 0 Å². The number of aliphatic hydroxyl groups excluding tert-OH is 1. The van der Waals surface area contributed by atoms with E-state index in [9.17, 15) is 4.79 Å². The molecule has 1 N–H and O–H groups in total. The fraction of sp³-hybridized carbons (Fsp3) is 0.538. The highest BCUT2D eigenvalue weighted by Gasteiger charge is 2.24. The van der Waals surface area contributed by atoms with E-state index in [2.05, 4.69) is 4.98 Å². The Balaban J connectivity index is 2.08. The molecule has 1 aromatic heterocycles. The second-order valence-corrected chi connectivity index (χ2v) is 5.27. The summed E-state index contributed by atoms with van der Waals surface area (Å²) >= 11 is 1.49. The Bertz CT molecular complexity index is 417. The van der Waals surface area contributed by atoms with Gasteiger partial charge >= 0.3 is 0 Å². The fourth-order valence-corrected chi connectivity index (χ4v) is 2.75. The molecule has 1 fully saturated rings. The molecule has 0 bridgehead atoms. The Kier molecular flexibility index (Phi) is 4.60. The maximum absolute atomic E-state index is 12.4. The van der Waals surface area contributed by atoms with Crippen LogP contribution in [0.2, 0.25) is 0 Å². The summed E-state index contributed by atoms with van der Waals surface area (Å²) in [5, 5.41) is 9.88. The number of carbonyl (C=O) groups is 1. The lowest BCUT2D eigenvalue weighted by Crippen LogP contribution is -2.39. The SMILES string of the molecule is CSc1ncccc1C(=O)N1CCC(CO)CC1. The molecule has 18 heavy (non-hydrogen) atoms. The van der Waals surface area contributed by atoms with E-state index in [1.54, 1.807) is 12.3 Å². The summed E-state index contributed by atoms with van der Waals surface area (Å²) in [6.07, 6.45) is 5.41. The van der Waals surface area contributed by atoms with Crippen molar-refractivity contribution in [3.05, 3.63) is 23.9 Å². The van der Waals surface area contributed by atoms with Crippen molar-refractivity contribution in [2.45, 2.75) is 17.9 Å². The van der Waals surface area contributed by atoms with Crippen LogP contribution in [-0.4, -0.2) is 46.8 Å². The minimum atomic E-state index is 0.0591. The molecule has 4 nitrogen and oxygen atoms in total. The molecule has 1 aromatic rings. The molecule has 0 atom stereocenters. The summed E-state index contributed by atoms with van der Waals surface area (Å²) in [5.41, 5.74) is 0.687. The number of hydrogen-bond donors (Lipinski definition) is 1. The van der Waals surface area contributed by atoms with Gasteiger partial charge in [-0.1, -0.05) is 0 Å². The number of aromatic nitrogens is 1. The number of rotatable bonds is 3. The highest BCUT2D eigenvalue weighted by molar-refractivity contribution is 7.98. The molecule has 0 aromatic carbocycles. The number of carbonyl (C=O) groups excluding carboxylic acids is 1. The van der Waals surface area contributed by atoms with Gasteiger partial charge in [-0.25, -0.2) is 4.98 Å². The molecule has 0 radical (unpaired) electrons. The van der Waals surface area contributed by atoms with Crippen LogP contribution in [0.25, 0.3) is 0 Å². The number of aliphatic hydroxyl groups is 1. The van der Waals surface area contributed by atoms with Gasteiger partial charge in [0.15, 0.2) is 0 Å². The van der Waals surface area contributed by atoms with Gasteiger partial charge in [-0.2, -0.15) is 0 Å². The summed E-state index contributed by atoms with van der Waals surface area (Å²) in [4.78, 5) is 18.5. The van der Waals surface area contributed by atoms with Crippen molar-refractivity contribution in [3.8, 4) is 0 Å². The first-order valence-corrected chi connectivity index (χ1v) is 7.38. The van der Waals surface area contributed by atoms with E-state index in [1.165, 1.54) is 11.8 Å². The summed E-state index contributed by atoms with van der Waals surface area (Å²) in [6.45, 7) is 1.69. The van der Waals surface area contributed by atoms with E-state index in [4.69, 9.17) is 5.11 Å². The van der Waals surface area contributed by atoms with Gasteiger partial charge < -0.3 is 10.0 Å². The predicted octanol–water partition coefficient (Wildman–Crippen LogP) is 1.65. The number of pyridine rings is 1. The molecule has 2 heterocycles. The highest BCUT2D eigenvalue weighted by atomic mass is 32.2. The van der Waals surface area contributed by atoms with E-state index >= 15 is 0 Å². The van der Waals surface area contributed by atoms with E-state index in [-0.39, 0.29) is 12.5 Å². The number of likely N-dealkylation sites (tertiary alicyclic amines) is 1. The third kappa shape index (κ3) is 2.84. The standard InChI is InChI=1S/C13H18N2O2S/c1-18-12-11(3-2-6-14-12)13(17)15-7-4-10(9-16)5-8-15/h2-3,6,10,16H,4-5,7-9H2,1H3. The second kappa shape index (κ2) is 6.20. The molecule has 0 aliphatic carbocycles. The zero-order valence-electron chi connectivity index (χ0n) is 10.5. The average Bonchev–Trinajstić information content (AvgIpc) is 2.46. The lowest BCUT2D eigenvalue weighted by Gasteiger charge is -2.31. The van der Waals surface area contributed by atoms with Crippen LogP contribution < -0.4 is 0 Å². The maximum atomic E-state index is 12.4. The predicted molar refractivity (Wildman–Crippen MR) is 71.7 cm³/mol. The van der Waals surface area contributed by atoms with E-state index in [0.717, 1.165) is 31.0 Å². The van der Waals surface area contributed by atoms with E-state index in [1.807, 2.05) is 17.2 Å². The van der Waals surface area contributed by atoms with Crippen molar-refractivity contribution in [2.24, 2.45) is 5.92 Å². The van der Waals surface area contributed by atoms with Crippen LogP contribution in [0.4, 0.5) is 0 Å². The third-order valence-corrected chi connectivity index (χ3v) is 4.07. The Labute approximate surface area is 111 Å². The first-order valence-electron chi connectivity index (χ1n) is 6.15. The minimum absolute atomic E-state index is 0.0591. The van der Waals surface area contributed by atoms with Crippen LogP contribution >= 0.6 is 11.8 Å². The molecule has 0 spiro atoms. The number of piperidine rings is 1. The number of hydrogen-bond acceptors (Lipinski definition) is 4. The molecule has 1 amide bonds. The second-order valence-electron chi connectivity index (χ2n) is 4.48. The Morgan fingerprint density at radius 2 is 2.28 bits per heavy atom. The van der Waals surface area contributed by atoms with Crippen LogP contribution in [0, 0.1) is 5.92 Å². The lowest BCUT2D eigenvalue weighted by atomic mass is 9.97. The van der Waals surface area contributed by atoms with E-state index < -0.39 is 0 Å². The molecular weight excluding hydrogens is 248 g/mol. The average molecular weight is 266 g/mol. The molecule has 1 aliphatic rings. The molecule has 0 saturated carbocycles. The van der Waals surface area contributed by atoms with Crippen LogP contribution in [0.1, 0.15) is 23.2 Å². The minimum Gasteiger partial charge on any atom is -0.396 e. The number of nitrogens with zero attached hydrogens (tertiary/aromatic N) is 2. The molecule has 1 aliphatic heterocycles. The quantitative estimate of drug-likeness (QED) is 0.845. The first-order chi connectivity index (χ1) is 8.76. The van der Waals surface area contributed by atoms with Crippen molar-refractivity contribution in [1.82, 2.24) is 9.88 Å². The molecule has 5 heteroatoms. The maximum Gasteiger partial charge on any atom is 0.256 e. The monoisotopic (exact) mass is 266 g/mol. The Hall–Kier alpha value is -1.07. The largest absolute Gasteiger partial charge is 0.396 e. The van der Waals surface area contributed by atoms with Crippen molar-refractivity contribution >= 4 is 17.7 Å². The van der Waals surface area contributed by atoms with Crippen LogP contribution in [0.15, 0.2) is 23.4 Å². The van der Waals surface area contributed by atoms with Crippen molar-refractivity contribution in [1.29, 1.82) is 0 Å². The van der Waals surface area contributed by atoms with Gasteiger partial charge in [0.2, 0.25) is 0 Å². The molecular formula is C13H18N2O2S. The first kappa shape index (κ1) is 13.4. The Morgan fingerprint density at radius 1 is 1.56 bits per heavy atom. The van der Waals surface area contributed by atoms with Gasteiger partial charge in [0, 0.05) is 25.9 Å². The molecule has 2 rings (SSSR count). The van der Waals surface area contributed by atoms with Gasteiger partial charge in [0.05, 0.1) is 5.56 Å². The third-order valence-electron chi connectivity index (χ3n) is 3.35. The number of amides is 1. The van der Waals surface area contributed by atoms with Gasteiger partial charge in [0.1, 0.15) is 5.03 Å². The summed E-state index contributed by atoms with van der Waals surface area (Å²) in [6, 6.07) is 3.63. The van der Waals surface area contributed by atoms with Crippen molar-refractivity contribution < 1.29 is 9.90 Å². The van der Waals surface area contributed by atoms with Crippen LogP contribution in [0.3, 0.4) is 0 Å². The van der Waals surface area contributed by atoms with Crippen molar-refractivity contribution in [2.75, 3.05) is 26.0 Å². The summed E-state index contributed by atoms with van der Waals surface area (Å²) < 4.78 is 0. The summed E-state index contributed by atoms with van der Waals surface area (Å²) in [7, 11) is 0. The van der Waals surface area contributed by atoms with Crippen molar-refractivity contribution in [3.63, 3.8) is 0 Å². The highest BCUT2D eigenvalue weighted by Crippen LogP contribution is 2.22. The smallest absolute Gasteiger partial charge is 0.256 e. The number of thioether (sulfide) groups is 1. The zero-order valence-corrected chi connectivity index (χ0v) is 11.3. The van der Waals surface area contributed by atoms with E-state index in [0.29, 0.717) is 11.5 Å². The topological polar surface area (TPSA) is 53.4 Å². The van der Waals surface area contributed by atoms with Gasteiger partial charge in [-0.3, -0.25) is 4.79 Å². The molecule has 98 valence electrons. The normalized spacial score (nSPS) is 16.9. The fourth-order valence-electron chi connectivity index (χ4n) is 2.21. The van der Waals surface area contributed by atoms with Gasteiger partial charge in [0.25, 0.3) is 5.91 Å². The van der Waals surface area contributed by atoms with Gasteiger partial charge in [-0.15, -0.1) is 11.8 Å². The molecule has 0 unspecified atom stereocenters.